The summed E-state index contributed by atoms with van der Waals surface area (Å²) >= 11 is 0. The zero-order valence-corrected chi connectivity index (χ0v) is 11.9. The molecule has 0 aliphatic heterocycles. The summed E-state index contributed by atoms with van der Waals surface area (Å²) in [7, 11) is 0. The summed E-state index contributed by atoms with van der Waals surface area (Å²) in [6.07, 6.45) is -2.09. The normalized spacial score (nSPS) is 11.9. The van der Waals surface area contributed by atoms with Crippen molar-refractivity contribution in [2.45, 2.75) is 46.0 Å². The van der Waals surface area contributed by atoms with Crippen molar-refractivity contribution < 1.29 is 18.0 Å². The van der Waals surface area contributed by atoms with Gasteiger partial charge in [-0.15, -0.1) is 0 Å². The van der Waals surface area contributed by atoms with Crippen LogP contribution in [0.2, 0.25) is 0 Å². The zero-order chi connectivity index (χ0) is 15.5. The van der Waals surface area contributed by atoms with Gasteiger partial charge in [0.15, 0.2) is 0 Å². The summed E-state index contributed by atoms with van der Waals surface area (Å²) in [5.41, 5.74) is 6.21. The molecule has 2 N–H and O–H groups in total. The van der Waals surface area contributed by atoms with Gasteiger partial charge in [-0.3, -0.25) is 4.79 Å². The van der Waals surface area contributed by atoms with Crippen molar-refractivity contribution in [3.05, 3.63) is 18.0 Å². The second-order valence-electron chi connectivity index (χ2n) is 4.99. The van der Waals surface area contributed by atoms with E-state index < -0.39 is 24.7 Å². The first kappa shape index (κ1) is 16.4. The van der Waals surface area contributed by atoms with Crippen LogP contribution in [-0.2, 0) is 6.54 Å². The van der Waals surface area contributed by atoms with Gasteiger partial charge in [-0.1, -0.05) is 6.92 Å². The lowest BCUT2D eigenvalue weighted by Crippen LogP contribution is -2.44. The lowest BCUT2D eigenvalue weighted by molar-refractivity contribution is -0.143. The average Bonchev–Trinajstić information content (AvgIpc) is 2.65. The molecule has 0 radical (unpaired) electrons. The van der Waals surface area contributed by atoms with Crippen molar-refractivity contribution in [3.8, 4) is 0 Å². The van der Waals surface area contributed by atoms with Crippen molar-refractivity contribution in [1.82, 2.24) is 9.47 Å². The van der Waals surface area contributed by atoms with Crippen LogP contribution in [0.4, 0.5) is 18.9 Å². The summed E-state index contributed by atoms with van der Waals surface area (Å²) in [5.74, 6) is -0.650. The minimum absolute atomic E-state index is 0.197. The number of amides is 1. The van der Waals surface area contributed by atoms with Crippen LogP contribution in [0.5, 0.6) is 0 Å². The molecule has 7 heteroatoms. The Hall–Kier alpha value is -1.66. The third-order valence-corrected chi connectivity index (χ3v) is 2.84. The van der Waals surface area contributed by atoms with Crippen LogP contribution in [-0.4, -0.2) is 34.1 Å². The number of halogens is 3. The molecule has 0 atom stereocenters. The smallest absolute Gasteiger partial charge is 0.397 e. The molecule has 20 heavy (non-hydrogen) atoms. The molecule has 1 amide bonds. The minimum Gasteiger partial charge on any atom is -0.397 e. The number of alkyl halides is 3. The largest absolute Gasteiger partial charge is 0.406 e. The van der Waals surface area contributed by atoms with Gasteiger partial charge in [0.1, 0.15) is 12.2 Å². The monoisotopic (exact) mass is 291 g/mol. The third kappa shape index (κ3) is 4.18. The van der Waals surface area contributed by atoms with Gasteiger partial charge in [0.25, 0.3) is 5.91 Å². The van der Waals surface area contributed by atoms with Gasteiger partial charge in [-0.25, -0.2) is 0 Å². The molecule has 1 heterocycles. The van der Waals surface area contributed by atoms with Gasteiger partial charge in [0.2, 0.25) is 0 Å². The first-order chi connectivity index (χ1) is 9.15. The topological polar surface area (TPSA) is 51.3 Å². The Labute approximate surface area is 116 Å². The van der Waals surface area contributed by atoms with Crippen LogP contribution in [0.25, 0.3) is 0 Å². The van der Waals surface area contributed by atoms with E-state index in [-0.39, 0.29) is 5.69 Å². The lowest BCUT2D eigenvalue weighted by atomic mass is 10.2. The summed E-state index contributed by atoms with van der Waals surface area (Å²) in [4.78, 5) is 13.1. The molecule has 1 aromatic rings. The van der Waals surface area contributed by atoms with Gasteiger partial charge < -0.3 is 15.2 Å². The number of nitrogen functional groups attached to an aromatic ring is 1. The number of hydrogen-bond acceptors (Lipinski definition) is 2. The third-order valence-electron chi connectivity index (χ3n) is 2.84. The van der Waals surface area contributed by atoms with Gasteiger partial charge >= 0.3 is 6.18 Å². The van der Waals surface area contributed by atoms with Crippen LogP contribution in [0.15, 0.2) is 12.3 Å². The van der Waals surface area contributed by atoms with E-state index in [0.29, 0.717) is 12.2 Å². The molecule has 0 unspecified atom stereocenters. The number of anilines is 1. The number of aromatic nitrogens is 1. The van der Waals surface area contributed by atoms with Crippen LogP contribution < -0.4 is 5.73 Å². The first-order valence-electron chi connectivity index (χ1n) is 6.49. The molecule has 114 valence electrons. The molecule has 0 aliphatic rings. The molecule has 1 rings (SSSR count). The maximum absolute atomic E-state index is 12.6. The molecule has 0 fully saturated rings. The highest BCUT2D eigenvalue weighted by atomic mass is 19.4. The summed E-state index contributed by atoms with van der Waals surface area (Å²) in [5, 5.41) is 0. The van der Waals surface area contributed by atoms with Gasteiger partial charge in [-0.05, 0) is 26.3 Å². The van der Waals surface area contributed by atoms with E-state index in [4.69, 9.17) is 5.73 Å². The minimum atomic E-state index is -4.42. The standard InChI is InChI=1S/C13H20F3N3O/c1-4-5-18-7-10(17)6-11(18)12(20)19(9(2)3)8-13(14,15)16/h6-7,9H,4-5,8,17H2,1-3H3. The number of carbonyl (C=O) groups excluding carboxylic acids is 1. The van der Waals surface area contributed by atoms with Crippen LogP contribution >= 0.6 is 0 Å². The van der Waals surface area contributed by atoms with E-state index >= 15 is 0 Å². The Morgan fingerprint density at radius 1 is 1.45 bits per heavy atom. The maximum Gasteiger partial charge on any atom is 0.406 e. The number of nitrogens with zero attached hydrogens (tertiary/aromatic N) is 2. The van der Waals surface area contributed by atoms with E-state index in [1.165, 1.54) is 6.07 Å². The van der Waals surface area contributed by atoms with Crippen molar-refractivity contribution in [1.29, 1.82) is 0 Å². The van der Waals surface area contributed by atoms with Crippen molar-refractivity contribution >= 4 is 11.6 Å². The number of hydrogen-bond donors (Lipinski definition) is 1. The Morgan fingerprint density at radius 2 is 2.05 bits per heavy atom. The Balaban J connectivity index is 3.06. The Morgan fingerprint density at radius 3 is 2.50 bits per heavy atom. The van der Waals surface area contributed by atoms with E-state index in [1.807, 2.05) is 6.92 Å². The van der Waals surface area contributed by atoms with Gasteiger partial charge in [0, 0.05) is 18.8 Å². The van der Waals surface area contributed by atoms with E-state index in [2.05, 4.69) is 0 Å². The highest BCUT2D eigenvalue weighted by molar-refractivity contribution is 5.94. The molecule has 0 aliphatic carbocycles. The average molecular weight is 291 g/mol. The molecule has 0 aromatic carbocycles. The zero-order valence-electron chi connectivity index (χ0n) is 11.9. The predicted molar refractivity (Wildman–Crippen MR) is 71.4 cm³/mol. The fourth-order valence-electron chi connectivity index (χ4n) is 1.97. The molecule has 1 aromatic heterocycles. The van der Waals surface area contributed by atoms with E-state index in [1.54, 1.807) is 24.6 Å². The summed E-state index contributed by atoms with van der Waals surface area (Å²) in [6.45, 7) is 4.30. The number of carbonyl (C=O) groups is 1. The predicted octanol–water partition coefficient (Wildman–Crippen LogP) is 2.89. The lowest BCUT2D eigenvalue weighted by Gasteiger charge is -2.28. The molecular formula is C13H20F3N3O. The van der Waals surface area contributed by atoms with Crippen molar-refractivity contribution in [3.63, 3.8) is 0 Å². The van der Waals surface area contributed by atoms with Gasteiger partial charge in [0.05, 0.1) is 5.69 Å². The second kappa shape index (κ2) is 6.19. The number of aryl methyl sites for hydroxylation is 1. The van der Waals surface area contributed by atoms with Crippen molar-refractivity contribution in [2.75, 3.05) is 12.3 Å². The van der Waals surface area contributed by atoms with Gasteiger partial charge in [-0.2, -0.15) is 13.2 Å². The van der Waals surface area contributed by atoms with E-state index in [9.17, 15) is 18.0 Å². The van der Waals surface area contributed by atoms with Crippen molar-refractivity contribution in [2.24, 2.45) is 0 Å². The Kier molecular flexibility index (Phi) is 5.08. The number of nitrogens with two attached hydrogens (primary N) is 1. The van der Waals surface area contributed by atoms with Crippen LogP contribution in [0.1, 0.15) is 37.7 Å². The summed E-state index contributed by atoms with van der Waals surface area (Å²) in [6, 6.07) is 0.874. The maximum atomic E-state index is 12.6. The quantitative estimate of drug-likeness (QED) is 0.907. The van der Waals surface area contributed by atoms with Crippen LogP contribution in [0.3, 0.4) is 0 Å². The SMILES string of the molecule is CCCn1cc(N)cc1C(=O)N(CC(F)(F)F)C(C)C. The fourth-order valence-corrected chi connectivity index (χ4v) is 1.97. The molecule has 0 saturated heterocycles. The Bertz CT molecular complexity index is 466. The second-order valence-corrected chi connectivity index (χ2v) is 4.99. The first-order valence-corrected chi connectivity index (χ1v) is 6.49. The fraction of sp³-hybridized carbons (Fsp3) is 0.615. The van der Waals surface area contributed by atoms with Crippen LogP contribution in [0, 0.1) is 0 Å². The highest BCUT2D eigenvalue weighted by Gasteiger charge is 2.35. The molecular weight excluding hydrogens is 271 g/mol. The highest BCUT2D eigenvalue weighted by Crippen LogP contribution is 2.21. The summed E-state index contributed by atoms with van der Waals surface area (Å²) < 4.78 is 39.3. The van der Waals surface area contributed by atoms with E-state index in [0.717, 1.165) is 11.3 Å². The number of rotatable bonds is 5. The molecule has 4 nitrogen and oxygen atoms in total. The molecule has 0 bridgehead atoms. The molecule has 0 spiro atoms. The molecule has 0 saturated carbocycles.